The summed E-state index contributed by atoms with van der Waals surface area (Å²) in [4.78, 5) is 23.0. The quantitative estimate of drug-likeness (QED) is 0.463. The molecule has 0 aliphatic carbocycles. The third kappa shape index (κ3) is 4.90. The average molecular weight is 351 g/mol. The molecule has 0 heterocycles. The van der Waals surface area contributed by atoms with Crippen LogP contribution in [0.5, 0.6) is 0 Å². The molecule has 1 N–H and O–H groups in total. The van der Waals surface area contributed by atoms with Crippen molar-refractivity contribution >= 4 is 11.6 Å². The number of non-ortho nitro benzene ring substituents is 1. The van der Waals surface area contributed by atoms with Crippen LogP contribution in [0.3, 0.4) is 0 Å². The minimum atomic E-state index is -0.426. The van der Waals surface area contributed by atoms with E-state index in [0.717, 1.165) is 16.7 Å². The summed E-state index contributed by atoms with van der Waals surface area (Å²) in [7, 11) is 0. The highest BCUT2D eigenvalue weighted by Gasteiger charge is 2.22. The first-order valence-electron chi connectivity index (χ1n) is 8.41. The van der Waals surface area contributed by atoms with Crippen molar-refractivity contribution in [3.05, 3.63) is 64.2 Å². The number of nitro benzene ring substituents is 1. The molecule has 0 saturated carbocycles. The Morgan fingerprint density at radius 3 is 2.46 bits per heavy atom. The Kier molecular flexibility index (Phi) is 6.45. The van der Waals surface area contributed by atoms with Gasteiger partial charge in [0, 0.05) is 12.1 Å². The van der Waals surface area contributed by atoms with Gasteiger partial charge in [0.15, 0.2) is 0 Å². The normalized spacial score (nSPS) is 11.6. The van der Waals surface area contributed by atoms with Gasteiger partial charge in [-0.05, 0) is 29.0 Å². The van der Waals surface area contributed by atoms with Gasteiger partial charge >= 0.3 is 0 Å². The van der Waals surface area contributed by atoms with E-state index in [-0.39, 0.29) is 24.1 Å². The zero-order valence-electron chi connectivity index (χ0n) is 14.8. The van der Waals surface area contributed by atoms with Gasteiger partial charge in [-0.1, -0.05) is 50.2 Å². The molecule has 2 aromatic carbocycles. The van der Waals surface area contributed by atoms with Gasteiger partial charge in [-0.3, -0.25) is 14.9 Å². The average Bonchev–Trinajstić information content (AvgIpc) is 2.64. The van der Waals surface area contributed by atoms with Gasteiger partial charge in [0.1, 0.15) is 6.54 Å². The standard InChI is InChI=1S/C20H21N3O3/c1-14(2)11-19(20(24)22-10-9-21)17-7-3-5-15(12-17)16-6-4-8-18(13-16)23(25)26/h3-8,12-14,19H,10-11H2,1-2H3,(H,22,24). The minimum Gasteiger partial charge on any atom is -0.342 e. The van der Waals surface area contributed by atoms with E-state index >= 15 is 0 Å². The molecule has 0 radical (unpaired) electrons. The molecule has 1 atom stereocenters. The van der Waals surface area contributed by atoms with Crippen LogP contribution in [0.25, 0.3) is 11.1 Å². The van der Waals surface area contributed by atoms with Gasteiger partial charge in [0.05, 0.1) is 16.9 Å². The van der Waals surface area contributed by atoms with Crippen LogP contribution in [-0.2, 0) is 4.79 Å². The molecule has 0 saturated heterocycles. The molecule has 0 spiro atoms. The first kappa shape index (κ1) is 19.1. The Labute approximate surface area is 152 Å². The summed E-state index contributed by atoms with van der Waals surface area (Å²) in [5.74, 6) is -0.257. The molecule has 0 aromatic heterocycles. The van der Waals surface area contributed by atoms with Crippen molar-refractivity contribution in [3.63, 3.8) is 0 Å². The number of nitrogens with zero attached hydrogens (tertiary/aromatic N) is 2. The zero-order valence-corrected chi connectivity index (χ0v) is 14.8. The van der Waals surface area contributed by atoms with Crippen molar-refractivity contribution in [3.8, 4) is 17.2 Å². The summed E-state index contributed by atoms with van der Waals surface area (Å²) in [5, 5.41) is 22.3. The molecule has 1 unspecified atom stereocenters. The maximum atomic E-state index is 12.5. The maximum absolute atomic E-state index is 12.5. The molecule has 6 nitrogen and oxygen atoms in total. The molecule has 6 heteroatoms. The first-order valence-corrected chi connectivity index (χ1v) is 8.41. The van der Waals surface area contributed by atoms with E-state index in [2.05, 4.69) is 5.32 Å². The third-order valence-corrected chi connectivity index (χ3v) is 4.04. The molecule has 134 valence electrons. The van der Waals surface area contributed by atoms with Crippen molar-refractivity contribution in [2.75, 3.05) is 6.54 Å². The molecular formula is C20H21N3O3. The predicted octanol–water partition coefficient (Wildman–Crippen LogP) is 4.03. The number of carbonyl (C=O) groups is 1. The molecule has 0 aliphatic rings. The number of benzene rings is 2. The van der Waals surface area contributed by atoms with E-state index in [9.17, 15) is 14.9 Å². The number of nitriles is 1. The summed E-state index contributed by atoms with van der Waals surface area (Å²) in [6.07, 6.45) is 0.648. The van der Waals surface area contributed by atoms with Gasteiger partial charge in [-0.15, -0.1) is 0 Å². The zero-order chi connectivity index (χ0) is 19.1. The SMILES string of the molecule is CC(C)CC(C(=O)NCC#N)c1cccc(-c2cccc([N+](=O)[O-])c2)c1. The summed E-state index contributed by atoms with van der Waals surface area (Å²) in [5.41, 5.74) is 2.39. The second-order valence-corrected chi connectivity index (χ2v) is 6.49. The van der Waals surface area contributed by atoms with Crippen molar-refractivity contribution in [2.24, 2.45) is 5.92 Å². The topological polar surface area (TPSA) is 96.0 Å². The highest BCUT2D eigenvalue weighted by Crippen LogP contribution is 2.29. The predicted molar refractivity (Wildman–Crippen MR) is 99.4 cm³/mol. The Bertz CT molecular complexity index is 840. The van der Waals surface area contributed by atoms with Crippen molar-refractivity contribution < 1.29 is 9.72 Å². The van der Waals surface area contributed by atoms with Gasteiger partial charge < -0.3 is 5.32 Å². The fourth-order valence-electron chi connectivity index (χ4n) is 2.85. The van der Waals surface area contributed by atoms with Crippen LogP contribution in [0, 0.1) is 27.4 Å². The third-order valence-electron chi connectivity index (χ3n) is 4.04. The van der Waals surface area contributed by atoms with Crippen molar-refractivity contribution in [1.82, 2.24) is 5.32 Å². The Hall–Kier alpha value is -3.20. The number of hydrogen-bond donors (Lipinski definition) is 1. The Balaban J connectivity index is 2.38. The lowest BCUT2D eigenvalue weighted by Crippen LogP contribution is -2.30. The Morgan fingerprint density at radius 1 is 1.19 bits per heavy atom. The fourth-order valence-corrected chi connectivity index (χ4v) is 2.85. The minimum absolute atomic E-state index is 0.0263. The lowest BCUT2D eigenvalue weighted by Gasteiger charge is -2.19. The van der Waals surface area contributed by atoms with Crippen molar-refractivity contribution in [1.29, 1.82) is 5.26 Å². The van der Waals surface area contributed by atoms with Crippen LogP contribution in [0.4, 0.5) is 5.69 Å². The summed E-state index contributed by atoms with van der Waals surface area (Å²) in [6, 6.07) is 15.8. The van der Waals surface area contributed by atoms with Crippen molar-refractivity contribution in [2.45, 2.75) is 26.2 Å². The van der Waals surface area contributed by atoms with Crippen LogP contribution in [-0.4, -0.2) is 17.4 Å². The number of nitrogens with one attached hydrogen (secondary N) is 1. The number of nitro groups is 1. The number of rotatable bonds is 7. The fraction of sp³-hybridized carbons (Fsp3) is 0.300. The molecule has 0 aliphatic heterocycles. The van der Waals surface area contributed by atoms with Crippen LogP contribution >= 0.6 is 0 Å². The van der Waals surface area contributed by atoms with E-state index in [4.69, 9.17) is 5.26 Å². The second-order valence-electron chi connectivity index (χ2n) is 6.49. The highest BCUT2D eigenvalue weighted by atomic mass is 16.6. The number of hydrogen-bond acceptors (Lipinski definition) is 4. The van der Waals surface area contributed by atoms with Crippen LogP contribution in [0.15, 0.2) is 48.5 Å². The van der Waals surface area contributed by atoms with E-state index in [0.29, 0.717) is 12.3 Å². The highest BCUT2D eigenvalue weighted by molar-refractivity contribution is 5.84. The first-order chi connectivity index (χ1) is 12.4. The molecule has 0 fully saturated rings. The van der Waals surface area contributed by atoms with Crippen LogP contribution < -0.4 is 5.32 Å². The molecular weight excluding hydrogens is 330 g/mol. The largest absolute Gasteiger partial charge is 0.342 e. The van der Waals surface area contributed by atoms with Gasteiger partial charge in [-0.25, -0.2) is 0 Å². The van der Waals surface area contributed by atoms with E-state index in [1.807, 2.05) is 44.2 Å². The smallest absolute Gasteiger partial charge is 0.270 e. The number of carbonyl (C=O) groups excluding carboxylic acids is 1. The summed E-state index contributed by atoms with van der Waals surface area (Å²) in [6.45, 7) is 4.04. The van der Waals surface area contributed by atoms with E-state index in [1.165, 1.54) is 12.1 Å². The molecule has 2 aromatic rings. The lowest BCUT2D eigenvalue weighted by molar-refractivity contribution is -0.384. The second kappa shape index (κ2) is 8.77. The summed E-state index contributed by atoms with van der Waals surface area (Å²) < 4.78 is 0. The molecule has 26 heavy (non-hydrogen) atoms. The molecule has 0 bridgehead atoms. The van der Waals surface area contributed by atoms with Gasteiger partial charge in [0.2, 0.25) is 5.91 Å². The lowest BCUT2D eigenvalue weighted by atomic mass is 9.88. The van der Waals surface area contributed by atoms with Crippen LogP contribution in [0.2, 0.25) is 0 Å². The van der Waals surface area contributed by atoms with E-state index < -0.39 is 4.92 Å². The van der Waals surface area contributed by atoms with Gasteiger partial charge in [-0.2, -0.15) is 5.26 Å². The van der Waals surface area contributed by atoms with Crippen LogP contribution in [0.1, 0.15) is 31.7 Å². The molecule has 1 amide bonds. The summed E-state index contributed by atoms with van der Waals surface area (Å²) >= 11 is 0. The maximum Gasteiger partial charge on any atom is 0.270 e. The molecule has 2 rings (SSSR count). The van der Waals surface area contributed by atoms with Gasteiger partial charge in [0.25, 0.3) is 5.69 Å². The number of amides is 1. The monoisotopic (exact) mass is 351 g/mol. The Morgan fingerprint density at radius 2 is 1.85 bits per heavy atom. The van der Waals surface area contributed by atoms with E-state index in [1.54, 1.807) is 12.1 Å².